The van der Waals surface area contributed by atoms with E-state index < -0.39 is 17.9 Å². The quantitative estimate of drug-likeness (QED) is 0.333. The third-order valence-corrected chi connectivity index (χ3v) is 5.92. The molecule has 0 aliphatic carbocycles. The van der Waals surface area contributed by atoms with Crippen LogP contribution in [0, 0.1) is 0 Å². The number of ether oxygens (including phenoxy) is 1. The molecule has 1 N–H and O–H groups in total. The number of pyridine rings is 2. The van der Waals surface area contributed by atoms with Crippen LogP contribution in [0.2, 0.25) is 0 Å². The first-order chi connectivity index (χ1) is 14.9. The highest BCUT2D eigenvalue weighted by Crippen LogP contribution is 2.32. The van der Waals surface area contributed by atoms with Crippen molar-refractivity contribution in [1.82, 2.24) is 25.3 Å². The van der Waals surface area contributed by atoms with E-state index in [0.717, 1.165) is 11.8 Å². The summed E-state index contributed by atoms with van der Waals surface area (Å²) in [5, 5.41) is 3.56. The molecule has 1 unspecified atom stereocenters. The van der Waals surface area contributed by atoms with E-state index in [-0.39, 0.29) is 34.4 Å². The van der Waals surface area contributed by atoms with Crippen LogP contribution < -0.4 is 10.1 Å². The number of nitrogens with zero attached hydrogens (tertiary/aromatic N) is 4. The van der Waals surface area contributed by atoms with Crippen LogP contribution in [0.4, 0.5) is 13.2 Å². The summed E-state index contributed by atoms with van der Waals surface area (Å²) in [5.74, 6) is -0.613. The number of Topliss-reactive ketones (excluding diaryl/α,β-unsaturated/α-hetero) is 1. The molecule has 3 aromatic rings. The molecule has 4 heterocycles. The molecule has 3 aromatic heterocycles. The van der Waals surface area contributed by atoms with Gasteiger partial charge in [-0.2, -0.15) is 0 Å². The molecule has 162 valence electrons. The number of thioether (sulfide) groups is 1. The molecular formula is C20H18F3N5O2S. The number of carbonyl (C=O) groups is 1. The Hall–Kier alpha value is -2.79. The third-order valence-electron chi connectivity index (χ3n) is 4.93. The smallest absolute Gasteiger partial charge is 0.297 e. The molecule has 11 heteroatoms. The van der Waals surface area contributed by atoms with Gasteiger partial charge in [-0.15, -0.1) is 0 Å². The Morgan fingerprint density at radius 2 is 2.13 bits per heavy atom. The number of methoxy groups -OCH3 is 1. The minimum absolute atomic E-state index is 0.0741. The lowest BCUT2D eigenvalue weighted by Gasteiger charge is -2.17. The van der Waals surface area contributed by atoms with Crippen molar-refractivity contribution in [1.29, 1.82) is 0 Å². The predicted octanol–water partition coefficient (Wildman–Crippen LogP) is 3.50. The summed E-state index contributed by atoms with van der Waals surface area (Å²) >= 11 is 0.991. The fourth-order valence-corrected chi connectivity index (χ4v) is 4.12. The molecule has 1 fully saturated rings. The number of aromatic nitrogens is 4. The van der Waals surface area contributed by atoms with E-state index in [1.165, 1.54) is 31.6 Å². The average molecular weight is 449 g/mol. The summed E-state index contributed by atoms with van der Waals surface area (Å²) in [5.41, 5.74) is -0.865. The number of hydrogen-bond acceptors (Lipinski definition) is 8. The van der Waals surface area contributed by atoms with E-state index in [1.807, 2.05) is 0 Å². The molecule has 0 spiro atoms. The molecule has 1 aliphatic rings. The van der Waals surface area contributed by atoms with Gasteiger partial charge in [-0.25, -0.2) is 28.1 Å². The van der Waals surface area contributed by atoms with Gasteiger partial charge < -0.3 is 10.1 Å². The molecule has 1 aliphatic heterocycles. The van der Waals surface area contributed by atoms with Crippen LogP contribution in [-0.4, -0.2) is 51.7 Å². The maximum Gasteiger partial charge on any atom is 0.297 e. The molecule has 0 radical (unpaired) electrons. The van der Waals surface area contributed by atoms with Gasteiger partial charge in [0.1, 0.15) is 10.8 Å². The Kier molecular flexibility index (Phi) is 6.05. The number of nitrogens with one attached hydrogen (secondary N) is 1. The lowest BCUT2D eigenvalue weighted by molar-refractivity contribution is 0.102. The second-order valence-electron chi connectivity index (χ2n) is 6.97. The Morgan fingerprint density at radius 1 is 1.29 bits per heavy atom. The summed E-state index contributed by atoms with van der Waals surface area (Å²) in [7, 11) is 1.45. The van der Waals surface area contributed by atoms with Crippen LogP contribution >= 0.6 is 11.8 Å². The minimum atomic E-state index is -2.88. The zero-order chi connectivity index (χ0) is 22.0. The Labute approximate surface area is 179 Å². The molecule has 1 saturated heterocycles. The number of halogens is 3. The summed E-state index contributed by atoms with van der Waals surface area (Å²) in [6, 6.07) is 4.61. The number of fused-ring (bicyclic) bond motifs is 1. The van der Waals surface area contributed by atoms with E-state index in [0.29, 0.717) is 29.7 Å². The summed E-state index contributed by atoms with van der Waals surface area (Å²) < 4.78 is 46.2. The largest absolute Gasteiger partial charge is 0.495 e. The van der Waals surface area contributed by atoms with Crippen molar-refractivity contribution in [3.05, 3.63) is 47.7 Å². The number of ketones is 1. The summed E-state index contributed by atoms with van der Waals surface area (Å²) in [4.78, 5) is 28.4. The summed E-state index contributed by atoms with van der Waals surface area (Å²) in [6.07, 6.45) is 0.159. The van der Waals surface area contributed by atoms with Crippen LogP contribution in [0.1, 0.15) is 34.7 Å². The van der Waals surface area contributed by atoms with Gasteiger partial charge in [-0.3, -0.25) is 9.78 Å². The fraction of sp³-hybridized carbons (Fsp3) is 0.350. The highest BCUT2D eigenvalue weighted by Gasteiger charge is 2.36. The van der Waals surface area contributed by atoms with E-state index in [4.69, 9.17) is 4.74 Å². The highest BCUT2D eigenvalue weighted by molar-refractivity contribution is 8.00. The number of alkyl halides is 3. The van der Waals surface area contributed by atoms with Gasteiger partial charge in [-0.1, -0.05) is 11.8 Å². The van der Waals surface area contributed by atoms with Crippen LogP contribution in [-0.2, 0) is 5.67 Å². The highest BCUT2D eigenvalue weighted by atomic mass is 32.2. The Bertz CT molecular complexity index is 1110. The molecular weight excluding hydrogens is 431 g/mol. The average Bonchev–Trinajstić information content (AvgIpc) is 3.24. The lowest BCUT2D eigenvalue weighted by atomic mass is 9.99. The van der Waals surface area contributed by atoms with Gasteiger partial charge in [0.15, 0.2) is 22.9 Å². The van der Waals surface area contributed by atoms with Gasteiger partial charge in [0.25, 0.3) is 6.43 Å². The first kappa shape index (κ1) is 21.4. The maximum atomic E-state index is 14.8. The van der Waals surface area contributed by atoms with Crippen molar-refractivity contribution >= 4 is 28.6 Å². The third kappa shape index (κ3) is 4.47. The monoisotopic (exact) mass is 449 g/mol. The zero-order valence-electron chi connectivity index (χ0n) is 16.4. The minimum Gasteiger partial charge on any atom is -0.495 e. The molecule has 1 atom stereocenters. The van der Waals surface area contributed by atoms with Crippen LogP contribution in [0.3, 0.4) is 0 Å². The predicted molar refractivity (Wildman–Crippen MR) is 108 cm³/mol. The van der Waals surface area contributed by atoms with Crippen molar-refractivity contribution in [3.63, 3.8) is 0 Å². The van der Waals surface area contributed by atoms with E-state index in [1.54, 1.807) is 6.07 Å². The van der Waals surface area contributed by atoms with Gasteiger partial charge in [0.05, 0.1) is 30.1 Å². The van der Waals surface area contributed by atoms with E-state index in [9.17, 15) is 18.0 Å². The van der Waals surface area contributed by atoms with Gasteiger partial charge in [0, 0.05) is 24.7 Å². The Morgan fingerprint density at radius 3 is 2.77 bits per heavy atom. The fourth-order valence-electron chi connectivity index (χ4n) is 3.22. The SMILES string of the molecule is COc1cnc2nc(C(F)F)nc(SCC(=O)c3ccc(C4(F)CCNC4)nc3)c2c1. The van der Waals surface area contributed by atoms with Crippen molar-refractivity contribution in [3.8, 4) is 5.75 Å². The van der Waals surface area contributed by atoms with Gasteiger partial charge >= 0.3 is 0 Å². The van der Waals surface area contributed by atoms with E-state index >= 15 is 0 Å². The molecule has 0 aromatic carbocycles. The van der Waals surface area contributed by atoms with Crippen molar-refractivity contribution in [2.75, 3.05) is 26.0 Å². The number of hydrogen-bond donors (Lipinski definition) is 1. The standard InChI is InChI=1S/C20H18F3N5O2S/c1-30-12-6-13-17(26-8-12)27-18(16(21)22)28-19(13)31-9-14(29)11-2-3-15(25-7-11)20(23)4-5-24-10-20/h2-3,6-8,16,24H,4-5,9-10H2,1H3. The van der Waals surface area contributed by atoms with Crippen LogP contribution in [0.5, 0.6) is 5.75 Å². The van der Waals surface area contributed by atoms with Crippen LogP contribution in [0.15, 0.2) is 35.6 Å². The second-order valence-corrected chi connectivity index (χ2v) is 7.93. The molecule has 31 heavy (non-hydrogen) atoms. The first-order valence-electron chi connectivity index (χ1n) is 9.41. The molecule has 7 nitrogen and oxygen atoms in total. The normalized spacial score (nSPS) is 18.6. The molecule has 0 saturated carbocycles. The number of rotatable bonds is 7. The Balaban J connectivity index is 1.54. The molecule has 0 amide bonds. The van der Waals surface area contributed by atoms with Gasteiger partial charge in [-0.05, 0) is 24.7 Å². The maximum absolute atomic E-state index is 14.8. The van der Waals surface area contributed by atoms with Crippen molar-refractivity contribution in [2.24, 2.45) is 0 Å². The van der Waals surface area contributed by atoms with Crippen molar-refractivity contribution < 1.29 is 22.7 Å². The molecule has 4 rings (SSSR count). The zero-order valence-corrected chi connectivity index (χ0v) is 17.3. The van der Waals surface area contributed by atoms with Crippen LogP contribution in [0.25, 0.3) is 11.0 Å². The summed E-state index contributed by atoms with van der Waals surface area (Å²) in [6.45, 7) is 0.760. The van der Waals surface area contributed by atoms with E-state index in [2.05, 4.69) is 25.3 Å². The number of carbonyl (C=O) groups excluding carboxylic acids is 1. The lowest BCUT2D eigenvalue weighted by Crippen LogP contribution is -2.24. The first-order valence-corrected chi connectivity index (χ1v) is 10.4. The van der Waals surface area contributed by atoms with Crippen molar-refractivity contribution in [2.45, 2.75) is 23.5 Å². The second kappa shape index (κ2) is 8.75. The molecule has 0 bridgehead atoms. The van der Waals surface area contributed by atoms with Gasteiger partial charge in [0.2, 0.25) is 0 Å². The topological polar surface area (TPSA) is 89.9 Å².